The Labute approximate surface area is 132 Å². The van der Waals surface area contributed by atoms with Gasteiger partial charge in [0.05, 0.1) is 5.54 Å². The number of para-hydroxylation sites is 1. The molecule has 1 aliphatic carbocycles. The Morgan fingerprint density at radius 2 is 1.90 bits per heavy atom. The number of nitrogens with zero attached hydrogens (tertiary/aromatic N) is 1. The zero-order valence-electron chi connectivity index (χ0n) is 11.7. The van der Waals surface area contributed by atoms with Gasteiger partial charge in [-0.15, -0.1) is 24.8 Å². The normalized spacial score (nSPS) is 15.1. The number of hydrogen-bond donors (Lipinski definition) is 2. The first-order valence-corrected chi connectivity index (χ1v) is 6.45. The third-order valence-corrected chi connectivity index (χ3v) is 3.63. The van der Waals surface area contributed by atoms with Crippen molar-refractivity contribution in [2.24, 2.45) is 5.73 Å². The first kappa shape index (κ1) is 19.0. The number of nitrogens with one attached hydrogen (secondary N) is 1. The van der Waals surface area contributed by atoms with Crippen LogP contribution < -0.4 is 16.0 Å². The maximum Gasteiger partial charge on any atom is 0.240 e. The van der Waals surface area contributed by atoms with Crippen molar-refractivity contribution in [3.63, 3.8) is 0 Å². The monoisotopic (exact) mass is 319 g/mol. The van der Waals surface area contributed by atoms with Crippen molar-refractivity contribution in [1.29, 1.82) is 0 Å². The van der Waals surface area contributed by atoms with E-state index in [9.17, 15) is 4.79 Å². The minimum Gasteiger partial charge on any atom is -0.373 e. The van der Waals surface area contributed by atoms with Crippen molar-refractivity contribution >= 4 is 36.4 Å². The minimum absolute atomic E-state index is 0. The fourth-order valence-corrected chi connectivity index (χ4v) is 2.11. The molecule has 0 bridgehead atoms. The van der Waals surface area contributed by atoms with E-state index in [1.165, 1.54) is 0 Å². The van der Waals surface area contributed by atoms with Gasteiger partial charge in [0.15, 0.2) is 0 Å². The zero-order valence-corrected chi connectivity index (χ0v) is 13.3. The van der Waals surface area contributed by atoms with Gasteiger partial charge in [0.1, 0.15) is 0 Å². The van der Waals surface area contributed by atoms with Gasteiger partial charge in [-0.1, -0.05) is 18.2 Å². The van der Waals surface area contributed by atoms with Gasteiger partial charge < -0.3 is 16.0 Å². The van der Waals surface area contributed by atoms with E-state index in [0.29, 0.717) is 6.54 Å². The van der Waals surface area contributed by atoms with Crippen LogP contribution in [0, 0.1) is 0 Å². The highest BCUT2D eigenvalue weighted by Gasteiger charge is 2.39. The van der Waals surface area contributed by atoms with Crippen LogP contribution in [0.15, 0.2) is 30.3 Å². The molecule has 0 saturated heterocycles. The molecule has 3 N–H and O–H groups in total. The summed E-state index contributed by atoms with van der Waals surface area (Å²) in [5.74, 6) is -0.00443. The molecule has 0 radical (unpaired) electrons. The number of carbonyl (C=O) groups is 1. The largest absolute Gasteiger partial charge is 0.373 e. The molecule has 0 aromatic heterocycles. The van der Waals surface area contributed by atoms with Crippen LogP contribution in [0.4, 0.5) is 5.69 Å². The van der Waals surface area contributed by atoms with E-state index in [2.05, 4.69) is 22.3 Å². The second-order valence-electron chi connectivity index (χ2n) is 5.02. The molecule has 20 heavy (non-hydrogen) atoms. The second kappa shape index (κ2) is 8.35. The molecule has 0 heterocycles. The number of hydrogen-bond acceptors (Lipinski definition) is 3. The van der Waals surface area contributed by atoms with E-state index in [1.807, 2.05) is 25.2 Å². The van der Waals surface area contributed by atoms with Gasteiger partial charge in [0.25, 0.3) is 0 Å². The van der Waals surface area contributed by atoms with Crippen LogP contribution in [0.2, 0.25) is 0 Å². The van der Waals surface area contributed by atoms with E-state index in [-0.39, 0.29) is 30.7 Å². The number of benzene rings is 1. The van der Waals surface area contributed by atoms with Crippen LogP contribution in [0.5, 0.6) is 0 Å². The smallest absolute Gasteiger partial charge is 0.240 e. The highest BCUT2D eigenvalue weighted by Crippen LogP contribution is 2.28. The number of halogens is 2. The molecule has 0 aliphatic heterocycles. The van der Waals surface area contributed by atoms with Crippen LogP contribution in [0.3, 0.4) is 0 Å². The predicted molar refractivity (Wildman–Crippen MR) is 88.0 cm³/mol. The van der Waals surface area contributed by atoms with Crippen molar-refractivity contribution in [3.8, 4) is 0 Å². The summed E-state index contributed by atoms with van der Waals surface area (Å²) >= 11 is 0. The number of likely N-dealkylation sites (N-methyl/N-ethyl adjacent to an activating group) is 1. The summed E-state index contributed by atoms with van der Waals surface area (Å²) < 4.78 is 0. The van der Waals surface area contributed by atoms with Crippen molar-refractivity contribution in [1.82, 2.24) is 5.32 Å². The molecule has 1 aromatic rings. The molecule has 0 spiro atoms. The van der Waals surface area contributed by atoms with Gasteiger partial charge >= 0.3 is 0 Å². The lowest BCUT2D eigenvalue weighted by Gasteiger charge is -2.36. The number of rotatable bonds is 5. The summed E-state index contributed by atoms with van der Waals surface area (Å²) in [7, 11) is 2.02. The summed E-state index contributed by atoms with van der Waals surface area (Å²) in [6.07, 6.45) is 2.69. The average molecular weight is 320 g/mol. The lowest BCUT2D eigenvalue weighted by molar-refractivity contribution is -0.129. The predicted octanol–water partition coefficient (Wildman–Crippen LogP) is 1.96. The lowest BCUT2D eigenvalue weighted by Crippen LogP contribution is -2.59. The molecule has 114 valence electrons. The van der Waals surface area contributed by atoms with E-state index < -0.39 is 5.54 Å². The van der Waals surface area contributed by atoms with Crippen LogP contribution in [0.25, 0.3) is 0 Å². The van der Waals surface area contributed by atoms with Crippen LogP contribution in [-0.2, 0) is 4.79 Å². The molecule has 1 aromatic carbocycles. The summed E-state index contributed by atoms with van der Waals surface area (Å²) in [4.78, 5) is 13.9. The first-order chi connectivity index (χ1) is 8.62. The third kappa shape index (κ3) is 4.54. The SMILES string of the molecule is CN(CCNC(=O)C1(N)CCC1)c1ccccc1.Cl.Cl. The summed E-state index contributed by atoms with van der Waals surface area (Å²) in [6, 6.07) is 10.1. The zero-order chi connectivity index (χ0) is 13.0. The van der Waals surface area contributed by atoms with Crippen LogP contribution in [0.1, 0.15) is 19.3 Å². The highest BCUT2D eigenvalue weighted by molar-refractivity contribution is 5.87. The Morgan fingerprint density at radius 1 is 1.30 bits per heavy atom. The Kier molecular flexibility index (Phi) is 7.94. The van der Waals surface area contributed by atoms with Crippen LogP contribution >= 0.6 is 24.8 Å². The Hall–Kier alpha value is -0.970. The van der Waals surface area contributed by atoms with Gasteiger partial charge in [0.2, 0.25) is 5.91 Å². The quantitative estimate of drug-likeness (QED) is 0.872. The Morgan fingerprint density at radius 3 is 2.40 bits per heavy atom. The molecule has 6 heteroatoms. The van der Waals surface area contributed by atoms with E-state index >= 15 is 0 Å². The van der Waals surface area contributed by atoms with Gasteiger partial charge in [-0.2, -0.15) is 0 Å². The van der Waals surface area contributed by atoms with E-state index in [0.717, 1.165) is 31.5 Å². The molecule has 1 fully saturated rings. The molecule has 2 rings (SSSR count). The van der Waals surface area contributed by atoms with E-state index in [1.54, 1.807) is 0 Å². The molecule has 0 unspecified atom stereocenters. The number of amides is 1. The van der Waals surface area contributed by atoms with Crippen molar-refractivity contribution in [2.75, 3.05) is 25.0 Å². The first-order valence-electron chi connectivity index (χ1n) is 6.45. The number of carbonyl (C=O) groups excluding carboxylic acids is 1. The maximum absolute atomic E-state index is 11.8. The molecular weight excluding hydrogens is 297 g/mol. The molecule has 4 nitrogen and oxygen atoms in total. The van der Waals surface area contributed by atoms with Gasteiger partial charge in [-0.05, 0) is 31.4 Å². The van der Waals surface area contributed by atoms with E-state index in [4.69, 9.17) is 5.73 Å². The van der Waals surface area contributed by atoms with Gasteiger partial charge in [-0.25, -0.2) is 0 Å². The molecule has 0 atom stereocenters. The summed E-state index contributed by atoms with van der Waals surface area (Å²) in [6.45, 7) is 1.41. The fraction of sp³-hybridized carbons (Fsp3) is 0.500. The van der Waals surface area contributed by atoms with Crippen molar-refractivity contribution < 1.29 is 4.79 Å². The summed E-state index contributed by atoms with van der Waals surface area (Å²) in [5.41, 5.74) is 6.51. The highest BCUT2D eigenvalue weighted by atomic mass is 35.5. The number of nitrogens with two attached hydrogens (primary N) is 1. The van der Waals surface area contributed by atoms with Crippen LogP contribution in [-0.4, -0.2) is 31.6 Å². The number of anilines is 1. The Balaban J connectivity index is 0.00000180. The molecular formula is C14H23Cl2N3O. The molecule has 1 aliphatic rings. The standard InChI is InChI=1S/C14H21N3O.2ClH/c1-17(12-6-3-2-4-7-12)11-10-16-13(18)14(15)8-5-9-14;;/h2-4,6-7H,5,8-11,15H2,1H3,(H,16,18);2*1H. The van der Waals surface area contributed by atoms with Crippen molar-refractivity contribution in [2.45, 2.75) is 24.8 Å². The average Bonchev–Trinajstić information content (AvgIpc) is 2.36. The van der Waals surface area contributed by atoms with Gasteiger partial charge in [0, 0.05) is 25.8 Å². The Bertz CT molecular complexity index is 410. The van der Waals surface area contributed by atoms with Gasteiger partial charge in [-0.3, -0.25) is 4.79 Å². The third-order valence-electron chi connectivity index (χ3n) is 3.63. The summed E-state index contributed by atoms with van der Waals surface area (Å²) in [5, 5.41) is 2.92. The molecule has 1 saturated carbocycles. The maximum atomic E-state index is 11.8. The van der Waals surface area contributed by atoms with Crippen molar-refractivity contribution in [3.05, 3.63) is 30.3 Å². The second-order valence-corrected chi connectivity index (χ2v) is 5.02. The minimum atomic E-state index is -0.592. The lowest BCUT2D eigenvalue weighted by atomic mass is 9.77. The molecule has 1 amide bonds. The topological polar surface area (TPSA) is 58.4 Å². The fourth-order valence-electron chi connectivity index (χ4n) is 2.11.